The van der Waals surface area contributed by atoms with Crippen LogP contribution < -0.4 is 4.74 Å². The molecule has 0 fully saturated rings. The van der Waals surface area contributed by atoms with E-state index in [9.17, 15) is 9.90 Å². The monoisotopic (exact) mass is 327 g/mol. The van der Waals surface area contributed by atoms with Crippen molar-refractivity contribution in [3.8, 4) is 5.75 Å². The highest BCUT2D eigenvalue weighted by atomic mass is 32.2. The topological polar surface area (TPSA) is 70.0 Å². The zero-order valence-corrected chi connectivity index (χ0v) is 13.8. The summed E-state index contributed by atoms with van der Waals surface area (Å²) in [5.74, 6) is 2.41. The smallest absolute Gasteiger partial charge is 0.407 e. The molecule has 124 valence electrons. The van der Waals surface area contributed by atoms with Crippen LogP contribution in [0.1, 0.15) is 18.9 Å². The Balaban J connectivity index is 2.35. The lowest BCUT2D eigenvalue weighted by Gasteiger charge is -2.19. The molecule has 0 bridgehead atoms. The molecule has 1 rings (SSSR count). The van der Waals surface area contributed by atoms with Crippen LogP contribution in [0.5, 0.6) is 5.75 Å². The van der Waals surface area contributed by atoms with Gasteiger partial charge in [-0.2, -0.15) is 11.8 Å². The van der Waals surface area contributed by atoms with E-state index in [1.165, 1.54) is 4.90 Å². The number of aliphatic hydroxyl groups excluding tert-OH is 1. The van der Waals surface area contributed by atoms with Crippen molar-refractivity contribution in [2.75, 3.05) is 37.8 Å². The maximum atomic E-state index is 11.2. The highest BCUT2D eigenvalue weighted by Crippen LogP contribution is 2.13. The summed E-state index contributed by atoms with van der Waals surface area (Å²) in [6.07, 6.45) is 0.626. The zero-order valence-electron chi connectivity index (χ0n) is 13.0. The fourth-order valence-electron chi connectivity index (χ4n) is 2.01. The van der Waals surface area contributed by atoms with Crippen molar-refractivity contribution < 1.29 is 19.7 Å². The molecule has 0 unspecified atom stereocenters. The van der Waals surface area contributed by atoms with E-state index in [1.807, 2.05) is 31.2 Å². The molecule has 0 spiro atoms. The minimum absolute atomic E-state index is 0.172. The lowest BCUT2D eigenvalue weighted by molar-refractivity contribution is 0.146. The number of ether oxygens (including phenoxy) is 1. The summed E-state index contributed by atoms with van der Waals surface area (Å²) in [7, 11) is 0. The first-order valence-electron chi connectivity index (χ1n) is 7.55. The van der Waals surface area contributed by atoms with Crippen LogP contribution in [0.2, 0.25) is 0 Å². The quantitative estimate of drug-likeness (QED) is 0.612. The fraction of sp³-hybridized carbons (Fsp3) is 0.562. The predicted octanol–water partition coefficient (Wildman–Crippen LogP) is 2.72. The highest BCUT2D eigenvalue weighted by Gasteiger charge is 2.11. The van der Waals surface area contributed by atoms with Gasteiger partial charge in [-0.15, -0.1) is 0 Å². The van der Waals surface area contributed by atoms with Gasteiger partial charge < -0.3 is 19.8 Å². The third kappa shape index (κ3) is 7.56. The van der Waals surface area contributed by atoms with Crippen molar-refractivity contribution in [1.29, 1.82) is 0 Å². The van der Waals surface area contributed by atoms with E-state index >= 15 is 0 Å². The van der Waals surface area contributed by atoms with Crippen LogP contribution in [-0.2, 0) is 6.42 Å². The van der Waals surface area contributed by atoms with Crippen molar-refractivity contribution in [1.82, 2.24) is 4.90 Å². The van der Waals surface area contributed by atoms with Crippen molar-refractivity contribution in [3.05, 3.63) is 29.8 Å². The number of rotatable bonds is 11. The normalized spacial score (nSPS) is 10.5. The third-order valence-electron chi connectivity index (χ3n) is 3.13. The first kappa shape index (κ1) is 18.6. The van der Waals surface area contributed by atoms with Gasteiger partial charge in [0.05, 0.1) is 13.2 Å². The van der Waals surface area contributed by atoms with Gasteiger partial charge in [0.25, 0.3) is 0 Å². The second kappa shape index (κ2) is 11.2. The summed E-state index contributed by atoms with van der Waals surface area (Å²) in [4.78, 5) is 12.7. The molecule has 6 heteroatoms. The van der Waals surface area contributed by atoms with Gasteiger partial charge in [-0.05, 0) is 43.2 Å². The minimum Gasteiger partial charge on any atom is -0.494 e. The number of hydrogen-bond acceptors (Lipinski definition) is 4. The molecule has 0 aliphatic rings. The maximum Gasteiger partial charge on any atom is 0.407 e. The number of benzene rings is 1. The SMILES string of the molecule is CCOc1ccc(CCN(CCCSCCO)C(=O)O)cc1. The van der Waals surface area contributed by atoms with Gasteiger partial charge in [-0.1, -0.05) is 12.1 Å². The number of aliphatic hydroxyl groups is 1. The molecule has 0 aliphatic heterocycles. The van der Waals surface area contributed by atoms with Gasteiger partial charge in [-0.25, -0.2) is 4.79 Å². The van der Waals surface area contributed by atoms with Crippen LogP contribution in [0.15, 0.2) is 24.3 Å². The standard InChI is InChI=1S/C16H25NO4S/c1-2-21-15-6-4-14(5-7-15)8-10-17(16(19)20)9-3-12-22-13-11-18/h4-7,18H,2-3,8-13H2,1H3,(H,19,20). The van der Waals surface area contributed by atoms with Crippen LogP contribution >= 0.6 is 11.8 Å². The molecule has 1 amide bonds. The van der Waals surface area contributed by atoms with E-state index < -0.39 is 6.09 Å². The lowest BCUT2D eigenvalue weighted by atomic mass is 10.1. The van der Waals surface area contributed by atoms with Crippen molar-refractivity contribution in [3.63, 3.8) is 0 Å². The van der Waals surface area contributed by atoms with E-state index in [2.05, 4.69) is 0 Å². The fourth-order valence-corrected chi connectivity index (χ4v) is 2.68. The summed E-state index contributed by atoms with van der Waals surface area (Å²) < 4.78 is 5.39. The van der Waals surface area contributed by atoms with E-state index in [4.69, 9.17) is 9.84 Å². The highest BCUT2D eigenvalue weighted by molar-refractivity contribution is 7.99. The third-order valence-corrected chi connectivity index (χ3v) is 4.18. The Morgan fingerprint density at radius 2 is 1.95 bits per heavy atom. The Morgan fingerprint density at radius 1 is 1.23 bits per heavy atom. The van der Waals surface area contributed by atoms with Gasteiger partial charge in [0.2, 0.25) is 0 Å². The largest absolute Gasteiger partial charge is 0.494 e. The van der Waals surface area contributed by atoms with Crippen molar-refractivity contribution >= 4 is 17.9 Å². The molecule has 0 radical (unpaired) electrons. The van der Waals surface area contributed by atoms with Crippen LogP contribution in [0.4, 0.5) is 4.79 Å². The average Bonchev–Trinajstić information content (AvgIpc) is 2.51. The molecule has 0 aromatic heterocycles. The number of carboxylic acid groups (broad SMARTS) is 1. The van der Waals surface area contributed by atoms with E-state index in [0.29, 0.717) is 31.9 Å². The molecule has 0 atom stereocenters. The second-order valence-corrected chi connectivity index (χ2v) is 6.01. The van der Waals surface area contributed by atoms with Crippen LogP contribution in [0, 0.1) is 0 Å². The van der Waals surface area contributed by atoms with Crippen molar-refractivity contribution in [2.24, 2.45) is 0 Å². The number of hydrogen-bond donors (Lipinski definition) is 2. The van der Waals surface area contributed by atoms with Gasteiger partial charge in [0, 0.05) is 18.8 Å². The number of thioether (sulfide) groups is 1. The molecule has 0 saturated heterocycles. The van der Waals surface area contributed by atoms with E-state index in [-0.39, 0.29) is 6.61 Å². The molecule has 1 aromatic rings. The number of nitrogens with zero attached hydrogens (tertiary/aromatic N) is 1. The molecule has 22 heavy (non-hydrogen) atoms. The Kier molecular flexibility index (Phi) is 9.50. The molecular weight excluding hydrogens is 302 g/mol. The molecule has 0 heterocycles. The Labute approximate surface area is 136 Å². The van der Waals surface area contributed by atoms with Crippen LogP contribution in [-0.4, -0.2) is 59.0 Å². The first-order chi connectivity index (χ1) is 10.7. The average molecular weight is 327 g/mol. The molecule has 0 aliphatic carbocycles. The van der Waals surface area contributed by atoms with E-state index in [0.717, 1.165) is 23.5 Å². The second-order valence-electron chi connectivity index (χ2n) is 4.79. The summed E-state index contributed by atoms with van der Waals surface area (Å²) in [5.41, 5.74) is 1.10. The van der Waals surface area contributed by atoms with Gasteiger partial charge >= 0.3 is 6.09 Å². The van der Waals surface area contributed by atoms with Crippen LogP contribution in [0.3, 0.4) is 0 Å². The van der Waals surface area contributed by atoms with E-state index in [1.54, 1.807) is 11.8 Å². The Morgan fingerprint density at radius 3 is 2.55 bits per heavy atom. The molecule has 0 saturated carbocycles. The maximum absolute atomic E-state index is 11.2. The van der Waals surface area contributed by atoms with Gasteiger partial charge in [0.15, 0.2) is 0 Å². The van der Waals surface area contributed by atoms with Gasteiger partial charge in [0.1, 0.15) is 5.75 Å². The van der Waals surface area contributed by atoms with Crippen molar-refractivity contribution in [2.45, 2.75) is 19.8 Å². The number of carbonyl (C=O) groups is 1. The molecule has 2 N–H and O–H groups in total. The lowest BCUT2D eigenvalue weighted by Crippen LogP contribution is -2.32. The first-order valence-corrected chi connectivity index (χ1v) is 8.71. The Bertz CT molecular complexity index is 425. The summed E-state index contributed by atoms with van der Waals surface area (Å²) >= 11 is 1.64. The molecule has 1 aromatic carbocycles. The number of amides is 1. The zero-order chi connectivity index (χ0) is 16.2. The molecule has 5 nitrogen and oxygen atoms in total. The Hall–Kier alpha value is -1.40. The van der Waals surface area contributed by atoms with Gasteiger partial charge in [-0.3, -0.25) is 0 Å². The van der Waals surface area contributed by atoms with Crippen LogP contribution in [0.25, 0.3) is 0 Å². The molecular formula is C16H25NO4S. The predicted molar refractivity (Wildman–Crippen MR) is 89.9 cm³/mol. The summed E-state index contributed by atoms with van der Waals surface area (Å²) in [6.45, 7) is 3.78. The summed E-state index contributed by atoms with van der Waals surface area (Å²) in [5, 5.41) is 17.9. The minimum atomic E-state index is -0.877. The summed E-state index contributed by atoms with van der Waals surface area (Å²) in [6, 6.07) is 7.77.